The predicted molar refractivity (Wildman–Crippen MR) is 51.5 cm³/mol. The molecule has 0 bridgehead atoms. The van der Waals surface area contributed by atoms with Crippen LogP contribution < -0.4 is 0 Å². The number of carbonyl (C=O) groups is 2. The van der Waals surface area contributed by atoms with Crippen molar-refractivity contribution in [2.45, 2.75) is 13.3 Å². The maximum Gasteiger partial charge on any atom is 0.302 e. The molecule has 0 aromatic rings. The van der Waals surface area contributed by atoms with Crippen molar-refractivity contribution in [1.82, 2.24) is 4.90 Å². The zero-order chi connectivity index (χ0) is 10.6. The molecule has 1 unspecified atom stereocenters. The zero-order valence-electron chi connectivity index (χ0n) is 8.36. The Bertz CT molecular complexity index is 250. The molecule has 0 radical (unpaired) electrons. The highest BCUT2D eigenvalue weighted by molar-refractivity contribution is 5.87. The van der Waals surface area contributed by atoms with Gasteiger partial charge in [0.15, 0.2) is 0 Å². The summed E-state index contributed by atoms with van der Waals surface area (Å²) >= 11 is 0. The SMILES string of the molecule is C=CC(=O)N1CCC(COC(C)=O)C1. The van der Waals surface area contributed by atoms with E-state index in [1.807, 2.05) is 0 Å². The third kappa shape index (κ3) is 2.87. The van der Waals surface area contributed by atoms with Gasteiger partial charge in [-0.25, -0.2) is 0 Å². The third-order valence-electron chi connectivity index (χ3n) is 2.29. The zero-order valence-corrected chi connectivity index (χ0v) is 8.36. The first kappa shape index (κ1) is 10.8. The normalized spacial score (nSPS) is 20.6. The Kier molecular flexibility index (Phi) is 3.68. The van der Waals surface area contributed by atoms with E-state index < -0.39 is 0 Å². The van der Waals surface area contributed by atoms with Crippen molar-refractivity contribution in [3.63, 3.8) is 0 Å². The Morgan fingerprint density at radius 1 is 1.64 bits per heavy atom. The topological polar surface area (TPSA) is 46.6 Å². The molecule has 78 valence electrons. The van der Waals surface area contributed by atoms with Crippen molar-refractivity contribution < 1.29 is 14.3 Å². The largest absolute Gasteiger partial charge is 0.466 e. The smallest absolute Gasteiger partial charge is 0.302 e. The fourth-order valence-electron chi connectivity index (χ4n) is 1.53. The maximum atomic E-state index is 11.2. The molecule has 1 heterocycles. The summed E-state index contributed by atoms with van der Waals surface area (Å²) in [6, 6.07) is 0. The summed E-state index contributed by atoms with van der Waals surface area (Å²) in [7, 11) is 0. The van der Waals surface area contributed by atoms with E-state index in [-0.39, 0.29) is 17.8 Å². The first-order chi connectivity index (χ1) is 6.63. The number of hydrogen-bond donors (Lipinski definition) is 0. The standard InChI is InChI=1S/C10H15NO3/c1-3-10(13)11-5-4-9(6-11)7-14-8(2)12/h3,9H,1,4-7H2,2H3. The lowest BCUT2D eigenvalue weighted by molar-refractivity contribution is -0.142. The van der Waals surface area contributed by atoms with Crippen LogP contribution in [0.3, 0.4) is 0 Å². The van der Waals surface area contributed by atoms with Gasteiger partial charge in [-0.3, -0.25) is 9.59 Å². The van der Waals surface area contributed by atoms with Crippen molar-refractivity contribution in [1.29, 1.82) is 0 Å². The van der Waals surface area contributed by atoms with Crippen LogP contribution in [-0.4, -0.2) is 36.5 Å². The van der Waals surface area contributed by atoms with Crippen LogP contribution in [0.4, 0.5) is 0 Å². The van der Waals surface area contributed by atoms with E-state index in [2.05, 4.69) is 6.58 Å². The minimum absolute atomic E-state index is 0.0460. The average molecular weight is 197 g/mol. The van der Waals surface area contributed by atoms with Crippen LogP contribution in [0, 0.1) is 5.92 Å². The van der Waals surface area contributed by atoms with E-state index in [1.54, 1.807) is 4.90 Å². The van der Waals surface area contributed by atoms with Crippen LogP contribution in [0.2, 0.25) is 0 Å². The third-order valence-corrected chi connectivity index (χ3v) is 2.29. The molecule has 1 aliphatic heterocycles. The Labute approximate surface area is 83.5 Å². The molecule has 0 spiro atoms. The molecule has 1 amide bonds. The van der Waals surface area contributed by atoms with Gasteiger partial charge in [0.1, 0.15) is 0 Å². The first-order valence-corrected chi connectivity index (χ1v) is 4.68. The number of amides is 1. The molecule has 4 heteroatoms. The molecule has 1 saturated heterocycles. The molecule has 4 nitrogen and oxygen atoms in total. The molecule has 0 aromatic carbocycles. The fraction of sp³-hybridized carbons (Fsp3) is 0.600. The highest BCUT2D eigenvalue weighted by Crippen LogP contribution is 2.16. The number of carbonyl (C=O) groups excluding carboxylic acids is 2. The Balaban J connectivity index is 2.30. The van der Waals surface area contributed by atoms with Gasteiger partial charge in [-0.2, -0.15) is 0 Å². The second-order valence-electron chi connectivity index (χ2n) is 3.45. The van der Waals surface area contributed by atoms with Crippen LogP contribution in [0.5, 0.6) is 0 Å². The molecular formula is C10H15NO3. The van der Waals surface area contributed by atoms with E-state index in [4.69, 9.17) is 4.74 Å². The summed E-state index contributed by atoms with van der Waals surface area (Å²) in [6.07, 6.45) is 2.21. The molecule has 0 aromatic heterocycles. The number of rotatable bonds is 3. The van der Waals surface area contributed by atoms with Crippen molar-refractivity contribution in [2.24, 2.45) is 5.92 Å². The average Bonchev–Trinajstić information content (AvgIpc) is 2.62. The Morgan fingerprint density at radius 3 is 2.93 bits per heavy atom. The van der Waals surface area contributed by atoms with Crippen molar-refractivity contribution in [3.8, 4) is 0 Å². The number of hydrogen-bond acceptors (Lipinski definition) is 3. The molecule has 1 rings (SSSR count). The summed E-state index contributed by atoms with van der Waals surface area (Å²) in [4.78, 5) is 23.5. The molecule has 1 fully saturated rings. The van der Waals surface area contributed by atoms with Gasteiger partial charge in [0.05, 0.1) is 6.61 Å². The Morgan fingerprint density at radius 2 is 2.36 bits per heavy atom. The summed E-state index contributed by atoms with van der Waals surface area (Å²) in [5.41, 5.74) is 0. The van der Waals surface area contributed by atoms with Crippen molar-refractivity contribution in [3.05, 3.63) is 12.7 Å². The molecule has 0 N–H and O–H groups in total. The quantitative estimate of drug-likeness (QED) is 0.491. The fourth-order valence-corrected chi connectivity index (χ4v) is 1.53. The van der Waals surface area contributed by atoms with Crippen molar-refractivity contribution in [2.75, 3.05) is 19.7 Å². The minimum Gasteiger partial charge on any atom is -0.466 e. The molecule has 14 heavy (non-hydrogen) atoms. The van der Waals surface area contributed by atoms with Gasteiger partial charge in [-0.15, -0.1) is 0 Å². The summed E-state index contributed by atoms with van der Waals surface area (Å²) in [6.45, 7) is 6.63. The lowest BCUT2D eigenvalue weighted by Crippen LogP contribution is -2.27. The van der Waals surface area contributed by atoms with Gasteiger partial charge in [0.25, 0.3) is 0 Å². The lowest BCUT2D eigenvalue weighted by Gasteiger charge is -2.13. The monoisotopic (exact) mass is 197 g/mol. The summed E-state index contributed by atoms with van der Waals surface area (Å²) in [5, 5.41) is 0. The predicted octanol–water partition coefficient (Wildman–Crippen LogP) is 0.584. The maximum absolute atomic E-state index is 11.2. The highest BCUT2D eigenvalue weighted by atomic mass is 16.5. The second kappa shape index (κ2) is 4.79. The molecular weight excluding hydrogens is 182 g/mol. The second-order valence-corrected chi connectivity index (χ2v) is 3.45. The summed E-state index contributed by atoms with van der Waals surface area (Å²) < 4.78 is 4.88. The van der Waals surface area contributed by atoms with E-state index in [0.717, 1.165) is 13.0 Å². The van der Waals surface area contributed by atoms with Gasteiger partial charge >= 0.3 is 5.97 Å². The van der Waals surface area contributed by atoms with Crippen LogP contribution in [-0.2, 0) is 14.3 Å². The lowest BCUT2D eigenvalue weighted by atomic mass is 10.1. The van der Waals surface area contributed by atoms with Gasteiger partial charge in [-0.1, -0.05) is 6.58 Å². The number of nitrogens with zero attached hydrogens (tertiary/aromatic N) is 1. The first-order valence-electron chi connectivity index (χ1n) is 4.68. The minimum atomic E-state index is -0.265. The van der Waals surface area contributed by atoms with E-state index in [0.29, 0.717) is 13.2 Å². The van der Waals surface area contributed by atoms with E-state index >= 15 is 0 Å². The number of ether oxygens (including phenoxy) is 1. The van der Waals surface area contributed by atoms with Gasteiger partial charge in [0.2, 0.25) is 5.91 Å². The number of likely N-dealkylation sites (tertiary alicyclic amines) is 1. The van der Waals surface area contributed by atoms with Gasteiger partial charge in [0, 0.05) is 25.9 Å². The van der Waals surface area contributed by atoms with Crippen molar-refractivity contribution >= 4 is 11.9 Å². The van der Waals surface area contributed by atoms with Crippen LogP contribution in [0.25, 0.3) is 0 Å². The van der Waals surface area contributed by atoms with Gasteiger partial charge < -0.3 is 9.64 Å². The molecule has 1 atom stereocenters. The molecule has 0 saturated carbocycles. The number of esters is 1. The van der Waals surface area contributed by atoms with Crippen LogP contribution >= 0.6 is 0 Å². The van der Waals surface area contributed by atoms with Crippen LogP contribution in [0.1, 0.15) is 13.3 Å². The van der Waals surface area contributed by atoms with E-state index in [9.17, 15) is 9.59 Å². The summed E-state index contributed by atoms with van der Waals surface area (Å²) in [5.74, 6) is -0.0309. The highest BCUT2D eigenvalue weighted by Gasteiger charge is 2.25. The molecule has 0 aliphatic carbocycles. The van der Waals surface area contributed by atoms with Crippen LogP contribution in [0.15, 0.2) is 12.7 Å². The Hall–Kier alpha value is -1.32. The van der Waals surface area contributed by atoms with Gasteiger partial charge in [-0.05, 0) is 12.5 Å². The van der Waals surface area contributed by atoms with E-state index in [1.165, 1.54) is 13.0 Å². The molecule has 1 aliphatic rings.